The lowest BCUT2D eigenvalue weighted by molar-refractivity contribution is 0.685. The van der Waals surface area contributed by atoms with Gasteiger partial charge in [-0.1, -0.05) is 15.9 Å². The summed E-state index contributed by atoms with van der Waals surface area (Å²) in [6.07, 6.45) is 1.52. The third-order valence-corrected chi connectivity index (χ3v) is 3.47. The Kier molecular flexibility index (Phi) is 2.97. The van der Waals surface area contributed by atoms with Gasteiger partial charge in [0, 0.05) is 22.1 Å². The summed E-state index contributed by atoms with van der Waals surface area (Å²) in [6, 6.07) is 5.74. The number of aromatic nitrogens is 3. The molecule has 0 amide bonds. The third kappa shape index (κ3) is 2.32. The lowest BCUT2D eigenvalue weighted by atomic mass is 10.3. The first-order valence-corrected chi connectivity index (χ1v) is 5.84. The molecule has 1 aromatic carbocycles. The van der Waals surface area contributed by atoms with Crippen molar-refractivity contribution in [3.8, 4) is 0 Å². The average molecular weight is 285 g/mol. The maximum Gasteiger partial charge on any atom is 0.190 e. The maximum atomic E-state index is 5.86. The van der Waals surface area contributed by atoms with E-state index >= 15 is 0 Å². The summed E-state index contributed by atoms with van der Waals surface area (Å²) in [5, 5.41) is 4.82. The molecule has 0 atom stereocenters. The molecule has 0 aliphatic heterocycles. The van der Waals surface area contributed by atoms with Gasteiger partial charge >= 0.3 is 0 Å². The highest BCUT2D eigenvalue weighted by atomic mass is 79.9. The van der Waals surface area contributed by atoms with Crippen LogP contribution in [0, 0.1) is 0 Å². The van der Waals surface area contributed by atoms with Crippen molar-refractivity contribution >= 4 is 33.4 Å². The Morgan fingerprint density at radius 2 is 2.27 bits per heavy atom. The van der Waals surface area contributed by atoms with Crippen LogP contribution in [-0.2, 0) is 7.05 Å². The smallest absolute Gasteiger partial charge is 0.190 e. The number of hydrogen-bond donors (Lipinski definition) is 1. The van der Waals surface area contributed by atoms with Crippen molar-refractivity contribution in [3.05, 3.63) is 29.0 Å². The van der Waals surface area contributed by atoms with Gasteiger partial charge in [-0.15, -0.1) is 0 Å². The Morgan fingerprint density at radius 3 is 2.93 bits per heavy atom. The highest BCUT2D eigenvalue weighted by molar-refractivity contribution is 9.10. The van der Waals surface area contributed by atoms with Crippen molar-refractivity contribution in [2.75, 3.05) is 5.73 Å². The van der Waals surface area contributed by atoms with Gasteiger partial charge < -0.3 is 5.73 Å². The zero-order valence-corrected chi connectivity index (χ0v) is 10.4. The number of rotatable bonds is 2. The molecule has 0 spiro atoms. The van der Waals surface area contributed by atoms with Gasteiger partial charge in [0.05, 0.1) is 0 Å². The molecule has 4 nitrogen and oxygen atoms in total. The second kappa shape index (κ2) is 4.24. The van der Waals surface area contributed by atoms with E-state index < -0.39 is 0 Å². The van der Waals surface area contributed by atoms with E-state index in [2.05, 4.69) is 26.0 Å². The summed E-state index contributed by atoms with van der Waals surface area (Å²) in [6.45, 7) is 0. The molecule has 6 heteroatoms. The Balaban J connectivity index is 2.32. The first kappa shape index (κ1) is 10.5. The number of nitrogens with zero attached hydrogens (tertiary/aromatic N) is 3. The molecule has 0 aliphatic carbocycles. The van der Waals surface area contributed by atoms with Crippen LogP contribution in [0.15, 0.2) is 39.1 Å². The van der Waals surface area contributed by atoms with E-state index in [1.807, 2.05) is 25.2 Å². The first-order valence-electron chi connectivity index (χ1n) is 4.23. The molecule has 0 unspecified atom stereocenters. The largest absolute Gasteiger partial charge is 0.398 e. The van der Waals surface area contributed by atoms with E-state index in [0.29, 0.717) is 0 Å². The number of hydrogen-bond acceptors (Lipinski definition) is 4. The van der Waals surface area contributed by atoms with Crippen molar-refractivity contribution in [3.63, 3.8) is 0 Å². The SMILES string of the molecule is Cn1ncnc1Sc1cc(Br)ccc1N. The normalized spacial score (nSPS) is 10.5. The number of nitrogens with two attached hydrogens (primary N) is 1. The summed E-state index contributed by atoms with van der Waals surface area (Å²) >= 11 is 4.90. The number of benzene rings is 1. The monoisotopic (exact) mass is 284 g/mol. The quantitative estimate of drug-likeness (QED) is 0.860. The molecule has 1 heterocycles. The molecule has 0 radical (unpaired) electrons. The number of halogens is 1. The van der Waals surface area contributed by atoms with Gasteiger partial charge in [-0.25, -0.2) is 9.67 Å². The summed E-state index contributed by atoms with van der Waals surface area (Å²) < 4.78 is 2.71. The van der Waals surface area contributed by atoms with Gasteiger partial charge in [0.2, 0.25) is 0 Å². The van der Waals surface area contributed by atoms with Crippen molar-refractivity contribution in [1.29, 1.82) is 0 Å². The molecule has 0 bridgehead atoms. The van der Waals surface area contributed by atoms with Gasteiger partial charge in [-0.3, -0.25) is 0 Å². The van der Waals surface area contributed by atoms with Gasteiger partial charge in [0.1, 0.15) is 6.33 Å². The molecule has 15 heavy (non-hydrogen) atoms. The topological polar surface area (TPSA) is 56.7 Å². The lowest BCUT2D eigenvalue weighted by Gasteiger charge is -2.04. The molecular weight excluding hydrogens is 276 g/mol. The highest BCUT2D eigenvalue weighted by Crippen LogP contribution is 2.32. The van der Waals surface area contributed by atoms with Crippen LogP contribution in [0.3, 0.4) is 0 Å². The molecule has 0 fully saturated rings. The van der Waals surface area contributed by atoms with Crippen molar-refractivity contribution in [2.45, 2.75) is 10.1 Å². The fourth-order valence-electron chi connectivity index (χ4n) is 1.07. The van der Waals surface area contributed by atoms with Crippen LogP contribution in [0.5, 0.6) is 0 Å². The van der Waals surface area contributed by atoms with Crippen LogP contribution in [0.25, 0.3) is 0 Å². The second-order valence-corrected chi connectivity index (χ2v) is 4.88. The Hall–Kier alpha value is -1.01. The molecular formula is C9H9BrN4S. The van der Waals surface area contributed by atoms with Gasteiger partial charge in [0.15, 0.2) is 5.16 Å². The molecule has 1 aromatic heterocycles. The van der Waals surface area contributed by atoms with Crippen LogP contribution in [0.4, 0.5) is 5.69 Å². The fraction of sp³-hybridized carbons (Fsp3) is 0.111. The number of nitrogen functional groups attached to an aromatic ring is 1. The maximum absolute atomic E-state index is 5.86. The van der Waals surface area contributed by atoms with Gasteiger partial charge in [-0.05, 0) is 30.0 Å². The van der Waals surface area contributed by atoms with Crippen molar-refractivity contribution in [1.82, 2.24) is 14.8 Å². The number of aryl methyl sites for hydroxylation is 1. The third-order valence-electron chi connectivity index (χ3n) is 1.85. The van der Waals surface area contributed by atoms with Gasteiger partial charge in [0.25, 0.3) is 0 Å². The predicted octanol–water partition coefficient (Wildman–Crippen LogP) is 2.31. The average Bonchev–Trinajstić information content (AvgIpc) is 2.58. The molecule has 0 saturated heterocycles. The Labute approximate surface area is 100 Å². The predicted molar refractivity (Wildman–Crippen MR) is 63.7 cm³/mol. The molecule has 0 saturated carbocycles. The summed E-state index contributed by atoms with van der Waals surface area (Å²) in [7, 11) is 1.85. The van der Waals surface area contributed by atoms with Crippen LogP contribution >= 0.6 is 27.7 Å². The zero-order chi connectivity index (χ0) is 10.8. The van der Waals surface area contributed by atoms with E-state index in [1.165, 1.54) is 18.1 Å². The van der Waals surface area contributed by atoms with Crippen molar-refractivity contribution < 1.29 is 0 Å². The Morgan fingerprint density at radius 1 is 1.47 bits per heavy atom. The van der Waals surface area contributed by atoms with E-state index in [4.69, 9.17) is 5.73 Å². The first-order chi connectivity index (χ1) is 7.16. The van der Waals surface area contributed by atoms with E-state index in [1.54, 1.807) is 4.68 Å². The van der Waals surface area contributed by atoms with Gasteiger partial charge in [-0.2, -0.15) is 5.10 Å². The van der Waals surface area contributed by atoms with E-state index in [0.717, 1.165) is 20.2 Å². The lowest BCUT2D eigenvalue weighted by Crippen LogP contribution is -1.94. The highest BCUT2D eigenvalue weighted by Gasteiger charge is 2.06. The van der Waals surface area contributed by atoms with Crippen molar-refractivity contribution in [2.24, 2.45) is 7.05 Å². The molecule has 0 aliphatic rings. The summed E-state index contributed by atoms with van der Waals surface area (Å²) in [5.74, 6) is 0. The fourth-order valence-corrected chi connectivity index (χ4v) is 2.43. The minimum Gasteiger partial charge on any atom is -0.398 e. The van der Waals surface area contributed by atoms with E-state index in [-0.39, 0.29) is 0 Å². The zero-order valence-electron chi connectivity index (χ0n) is 8.01. The Bertz CT molecular complexity index is 483. The van der Waals surface area contributed by atoms with E-state index in [9.17, 15) is 0 Å². The van der Waals surface area contributed by atoms with Crippen LogP contribution < -0.4 is 5.73 Å². The number of anilines is 1. The molecule has 2 aromatic rings. The standard InChI is InChI=1S/C9H9BrN4S/c1-14-9(12-5-13-14)15-8-4-6(10)2-3-7(8)11/h2-5H,11H2,1H3. The molecule has 2 N–H and O–H groups in total. The summed E-state index contributed by atoms with van der Waals surface area (Å²) in [5.41, 5.74) is 6.60. The molecule has 78 valence electrons. The second-order valence-electron chi connectivity index (χ2n) is 2.95. The summed E-state index contributed by atoms with van der Waals surface area (Å²) in [4.78, 5) is 5.10. The van der Waals surface area contributed by atoms with Crippen LogP contribution in [-0.4, -0.2) is 14.8 Å². The molecule has 2 rings (SSSR count). The minimum atomic E-state index is 0.742. The van der Waals surface area contributed by atoms with Crippen LogP contribution in [0.1, 0.15) is 0 Å². The van der Waals surface area contributed by atoms with Crippen LogP contribution in [0.2, 0.25) is 0 Å². The minimum absolute atomic E-state index is 0.742.